The number of sulfonamides is 1. The molecular weight excluding hydrogens is 266 g/mol. The fraction of sp³-hybridized carbons (Fsp3) is 0.417. The van der Waals surface area contributed by atoms with Crippen LogP contribution < -0.4 is 5.73 Å². The van der Waals surface area contributed by atoms with Crippen LogP contribution in [0.4, 0.5) is 0 Å². The Kier molecular flexibility index (Phi) is 3.04. The lowest BCUT2D eigenvalue weighted by atomic mass is 10.2. The Morgan fingerprint density at radius 3 is 2.95 bits per heavy atom. The van der Waals surface area contributed by atoms with Crippen LogP contribution in [0.5, 0.6) is 0 Å². The van der Waals surface area contributed by atoms with Gasteiger partial charge in [-0.3, -0.25) is 0 Å². The Bertz CT molecular complexity index is 695. The Morgan fingerprint density at radius 1 is 1.42 bits per heavy atom. The summed E-state index contributed by atoms with van der Waals surface area (Å²) in [6.07, 6.45) is 0.707. The number of hydrogen-bond acceptors (Lipinski definition) is 5. The van der Waals surface area contributed by atoms with Crippen LogP contribution in [-0.4, -0.2) is 37.0 Å². The molecule has 0 bridgehead atoms. The van der Waals surface area contributed by atoms with E-state index in [9.17, 15) is 8.42 Å². The molecule has 0 spiro atoms. The van der Waals surface area contributed by atoms with E-state index < -0.39 is 10.0 Å². The summed E-state index contributed by atoms with van der Waals surface area (Å²) in [6.45, 7) is 0.872. The largest absolute Gasteiger partial charge is 0.356 e. The number of hydrogen-bond donors (Lipinski definition) is 1. The molecule has 102 valence electrons. The van der Waals surface area contributed by atoms with E-state index in [-0.39, 0.29) is 11.8 Å². The predicted molar refractivity (Wildman–Crippen MR) is 70.8 cm³/mol. The molecule has 2 N–H and O–H groups in total. The van der Waals surface area contributed by atoms with E-state index in [1.165, 1.54) is 4.31 Å². The van der Waals surface area contributed by atoms with Crippen molar-refractivity contribution in [2.24, 2.45) is 5.73 Å². The third-order valence-electron chi connectivity index (χ3n) is 3.35. The molecule has 7 heteroatoms. The van der Waals surface area contributed by atoms with Crippen molar-refractivity contribution < 1.29 is 12.9 Å². The van der Waals surface area contributed by atoms with Gasteiger partial charge in [0.25, 0.3) is 0 Å². The third-order valence-corrected chi connectivity index (χ3v) is 5.11. The molecule has 1 atom stereocenters. The third kappa shape index (κ3) is 2.36. The van der Waals surface area contributed by atoms with Crippen molar-refractivity contribution in [2.75, 3.05) is 13.1 Å². The van der Waals surface area contributed by atoms with Crippen molar-refractivity contribution in [2.45, 2.75) is 18.2 Å². The molecule has 19 heavy (non-hydrogen) atoms. The van der Waals surface area contributed by atoms with Crippen LogP contribution in [0, 0.1) is 0 Å². The minimum atomic E-state index is -3.38. The van der Waals surface area contributed by atoms with Crippen molar-refractivity contribution in [1.82, 2.24) is 9.46 Å². The summed E-state index contributed by atoms with van der Waals surface area (Å²) in [5, 5.41) is 4.60. The van der Waals surface area contributed by atoms with Gasteiger partial charge in [-0.2, -0.15) is 4.31 Å². The highest BCUT2D eigenvalue weighted by Crippen LogP contribution is 2.22. The second-order valence-corrected chi connectivity index (χ2v) is 6.76. The molecule has 6 nitrogen and oxygen atoms in total. The summed E-state index contributed by atoms with van der Waals surface area (Å²) in [6, 6.07) is 7.17. The van der Waals surface area contributed by atoms with E-state index in [0.29, 0.717) is 30.8 Å². The maximum absolute atomic E-state index is 12.3. The first-order chi connectivity index (χ1) is 9.06. The molecule has 3 rings (SSSR count). The molecule has 2 heterocycles. The van der Waals surface area contributed by atoms with Crippen LogP contribution in [0.3, 0.4) is 0 Å². The quantitative estimate of drug-likeness (QED) is 0.894. The number of nitrogens with zero attached hydrogens (tertiary/aromatic N) is 2. The summed E-state index contributed by atoms with van der Waals surface area (Å²) in [5.74, 6) is -0.142. The minimum Gasteiger partial charge on any atom is -0.356 e. The van der Waals surface area contributed by atoms with Gasteiger partial charge in [-0.05, 0) is 18.6 Å². The van der Waals surface area contributed by atoms with Gasteiger partial charge in [0.15, 0.2) is 5.58 Å². The molecule has 0 radical (unpaired) electrons. The molecule has 0 aliphatic carbocycles. The van der Waals surface area contributed by atoms with Crippen LogP contribution >= 0.6 is 0 Å². The molecule has 0 amide bonds. The van der Waals surface area contributed by atoms with E-state index in [4.69, 9.17) is 10.3 Å². The van der Waals surface area contributed by atoms with Gasteiger partial charge >= 0.3 is 0 Å². The molecule has 2 aromatic rings. The number of para-hydroxylation sites is 1. The maximum atomic E-state index is 12.3. The van der Waals surface area contributed by atoms with Crippen LogP contribution in [0.2, 0.25) is 0 Å². The zero-order valence-electron chi connectivity index (χ0n) is 10.3. The van der Waals surface area contributed by atoms with Gasteiger partial charge in [0.2, 0.25) is 10.0 Å². The summed E-state index contributed by atoms with van der Waals surface area (Å²) in [5.41, 5.74) is 6.80. The number of fused-ring (bicyclic) bond motifs is 1. The van der Waals surface area contributed by atoms with Crippen LogP contribution in [0.15, 0.2) is 28.8 Å². The van der Waals surface area contributed by atoms with E-state index in [0.717, 1.165) is 5.39 Å². The monoisotopic (exact) mass is 281 g/mol. The standard InChI is InChI=1S/C12H15N3O3S/c13-9-5-6-15(7-9)19(16,17)8-11-10-3-1-2-4-12(10)18-14-11/h1-4,9H,5-8,13H2/t9-/m1/s1. The molecule has 0 unspecified atom stereocenters. The van der Waals surface area contributed by atoms with E-state index in [1.54, 1.807) is 6.07 Å². The lowest BCUT2D eigenvalue weighted by Crippen LogP contribution is -2.32. The molecule has 1 aromatic carbocycles. The SMILES string of the molecule is N[C@@H]1CCN(S(=O)(=O)Cc2noc3ccccc23)C1. The highest BCUT2D eigenvalue weighted by Gasteiger charge is 2.30. The predicted octanol–water partition coefficient (Wildman–Crippen LogP) is 0.691. The van der Waals surface area contributed by atoms with E-state index in [1.807, 2.05) is 18.2 Å². The van der Waals surface area contributed by atoms with Gasteiger partial charge in [-0.1, -0.05) is 17.3 Å². The Hall–Kier alpha value is -1.44. The first-order valence-electron chi connectivity index (χ1n) is 6.13. The molecule has 1 aliphatic rings. The lowest BCUT2D eigenvalue weighted by molar-refractivity contribution is 0.443. The average Bonchev–Trinajstić information content (AvgIpc) is 2.97. The Balaban J connectivity index is 1.88. The Morgan fingerprint density at radius 2 is 2.21 bits per heavy atom. The number of benzene rings is 1. The fourth-order valence-electron chi connectivity index (χ4n) is 2.31. The van der Waals surface area contributed by atoms with Crippen molar-refractivity contribution in [3.8, 4) is 0 Å². The Labute approximate surface area is 111 Å². The number of nitrogens with two attached hydrogens (primary N) is 1. The molecule has 1 aromatic heterocycles. The van der Waals surface area contributed by atoms with Crippen molar-refractivity contribution in [3.05, 3.63) is 30.0 Å². The normalized spacial score (nSPS) is 21.2. The van der Waals surface area contributed by atoms with Crippen LogP contribution in [0.25, 0.3) is 11.0 Å². The van der Waals surface area contributed by atoms with Gasteiger partial charge in [0.1, 0.15) is 11.4 Å². The van der Waals surface area contributed by atoms with Gasteiger partial charge < -0.3 is 10.3 Å². The number of aromatic nitrogens is 1. The molecule has 1 aliphatic heterocycles. The first kappa shape index (κ1) is 12.6. The van der Waals surface area contributed by atoms with Crippen molar-refractivity contribution in [3.63, 3.8) is 0 Å². The molecule has 1 saturated heterocycles. The summed E-state index contributed by atoms with van der Waals surface area (Å²) >= 11 is 0. The van der Waals surface area contributed by atoms with Crippen molar-refractivity contribution in [1.29, 1.82) is 0 Å². The fourth-order valence-corrected chi connectivity index (χ4v) is 3.85. The zero-order chi connectivity index (χ0) is 13.5. The van der Waals surface area contributed by atoms with E-state index in [2.05, 4.69) is 5.16 Å². The molecule has 1 fully saturated rings. The summed E-state index contributed by atoms with van der Waals surface area (Å²) < 4.78 is 31.1. The van der Waals surface area contributed by atoms with Crippen LogP contribution in [0.1, 0.15) is 12.1 Å². The second-order valence-electron chi connectivity index (χ2n) is 4.79. The van der Waals surface area contributed by atoms with Gasteiger partial charge in [-0.25, -0.2) is 8.42 Å². The van der Waals surface area contributed by atoms with E-state index >= 15 is 0 Å². The first-order valence-corrected chi connectivity index (χ1v) is 7.74. The summed E-state index contributed by atoms with van der Waals surface area (Å²) in [4.78, 5) is 0. The zero-order valence-corrected chi connectivity index (χ0v) is 11.1. The average molecular weight is 281 g/mol. The minimum absolute atomic E-state index is 0.0659. The smallest absolute Gasteiger partial charge is 0.220 e. The van der Waals surface area contributed by atoms with Gasteiger partial charge in [0.05, 0.1) is 0 Å². The maximum Gasteiger partial charge on any atom is 0.220 e. The van der Waals surface area contributed by atoms with Crippen molar-refractivity contribution >= 4 is 21.0 Å². The summed E-state index contributed by atoms with van der Waals surface area (Å²) in [7, 11) is -3.38. The van der Waals surface area contributed by atoms with Gasteiger partial charge in [0, 0.05) is 24.5 Å². The molecular formula is C12H15N3O3S. The van der Waals surface area contributed by atoms with Gasteiger partial charge in [-0.15, -0.1) is 0 Å². The lowest BCUT2D eigenvalue weighted by Gasteiger charge is -2.14. The molecule has 0 saturated carbocycles. The highest BCUT2D eigenvalue weighted by atomic mass is 32.2. The highest BCUT2D eigenvalue weighted by molar-refractivity contribution is 7.88. The second kappa shape index (κ2) is 4.59. The topological polar surface area (TPSA) is 89.4 Å². The van der Waals surface area contributed by atoms with Crippen LogP contribution in [-0.2, 0) is 15.8 Å². The number of rotatable bonds is 3.